The number of ether oxygens (including phenoxy) is 1. The number of carbonyl (C=O) groups is 1. The van der Waals surface area contributed by atoms with E-state index < -0.39 is 0 Å². The fourth-order valence-corrected chi connectivity index (χ4v) is 3.78. The molecular weight excluding hydrogens is 242 g/mol. The molecule has 3 aliphatic heterocycles. The van der Waals surface area contributed by atoms with Crippen LogP contribution in [0.1, 0.15) is 19.3 Å². The topological polar surface area (TPSA) is 44.8 Å². The average molecular weight is 267 g/mol. The predicted octanol–water partition coefficient (Wildman–Crippen LogP) is -0.0825. The van der Waals surface area contributed by atoms with Crippen LogP contribution in [0.5, 0.6) is 0 Å². The Kier molecular flexibility index (Phi) is 4.05. The first-order valence-electron chi connectivity index (χ1n) is 7.57. The number of nitrogens with zero attached hydrogens (tertiary/aromatic N) is 2. The molecule has 0 radical (unpaired) electrons. The molecule has 1 N–H and O–H groups in total. The summed E-state index contributed by atoms with van der Waals surface area (Å²) in [7, 11) is 2.22. The van der Waals surface area contributed by atoms with E-state index in [9.17, 15) is 4.79 Å². The largest absolute Gasteiger partial charge is 0.366 e. The molecule has 0 bridgehead atoms. The summed E-state index contributed by atoms with van der Waals surface area (Å²) in [6.45, 7) is 5.21. The highest BCUT2D eigenvalue weighted by Gasteiger charge is 2.37. The van der Waals surface area contributed by atoms with Gasteiger partial charge in [0.25, 0.3) is 5.91 Å². The Morgan fingerprint density at radius 1 is 1.32 bits per heavy atom. The second-order valence-corrected chi connectivity index (χ2v) is 6.09. The maximum atomic E-state index is 12.5. The van der Waals surface area contributed by atoms with Gasteiger partial charge in [0.15, 0.2) is 0 Å². The van der Waals surface area contributed by atoms with E-state index in [0.29, 0.717) is 25.1 Å². The summed E-state index contributed by atoms with van der Waals surface area (Å²) in [6, 6.07) is 0.684. The Bertz CT molecular complexity index is 331. The van der Waals surface area contributed by atoms with Gasteiger partial charge in [0.2, 0.25) is 0 Å². The minimum absolute atomic E-state index is 0.193. The van der Waals surface area contributed by atoms with Crippen LogP contribution in [0.25, 0.3) is 0 Å². The normalized spacial score (nSPS) is 36.9. The van der Waals surface area contributed by atoms with Crippen LogP contribution in [-0.2, 0) is 9.53 Å². The third-order valence-electron chi connectivity index (χ3n) is 4.86. The molecule has 0 aromatic carbocycles. The molecule has 19 heavy (non-hydrogen) atoms. The van der Waals surface area contributed by atoms with E-state index in [-0.39, 0.29) is 12.0 Å². The number of amides is 1. The molecule has 0 aromatic rings. The number of morpholine rings is 1. The highest BCUT2D eigenvalue weighted by molar-refractivity contribution is 5.81. The number of piperidine rings is 2. The fraction of sp³-hybridized carbons (Fsp3) is 0.929. The van der Waals surface area contributed by atoms with Crippen LogP contribution in [0, 0.1) is 5.92 Å². The molecule has 0 aromatic heterocycles. The van der Waals surface area contributed by atoms with Crippen LogP contribution in [0.4, 0.5) is 0 Å². The molecule has 108 valence electrons. The molecule has 0 aliphatic carbocycles. The molecule has 3 saturated heterocycles. The van der Waals surface area contributed by atoms with Crippen LogP contribution in [0.15, 0.2) is 0 Å². The van der Waals surface area contributed by atoms with Gasteiger partial charge in [0, 0.05) is 32.2 Å². The van der Waals surface area contributed by atoms with Crippen molar-refractivity contribution in [3.63, 3.8) is 0 Å². The van der Waals surface area contributed by atoms with Crippen molar-refractivity contribution >= 4 is 5.91 Å². The Labute approximate surface area is 115 Å². The van der Waals surface area contributed by atoms with Gasteiger partial charge >= 0.3 is 0 Å². The van der Waals surface area contributed by atoms with E-state index in [1.165, 1.54) is 19.4 Å². The molecule has 3 aliphatic rings. The van der Waals surface area contributed by atoms with E-state index in [1.807, 2.05) is 4.90 Å². The minimum Gasteiger partial charge on any atom is -0.366 e. The number of fused-ring (bicyclic) bond motifs is 1. The maximum Gasteiger partial charge on any atom is 0.253 e. The van der Waals surface area contributed by atoms with Gasteiger partial charge in [-0.25, -0.2) is 0 Å². The number of carbonyl (C=O) groups excluding carboxylic acids is 1. The molecule has 3 heterocycles. The summed E-state index contributed by atoms with van der Waals surface area (Å²) >= 11 is 0. The third-order valence-corrected chi connectivity index (χ3v) is 4.86. The molecule has 0 spiro atoms. The lowest BCUT2D eigenvalue weighted by Crippen LogP contribution is -2.57. The lowest BCUT2D eigenvalue weighted by molar-refractivity contribution is -0.148. The molecule has 5 heteroatoms. The third kappa shape index (κ3) is 2.78. The van der Waals surface area contributed by atoms with Crippen molar-refractivity contribution in [1.82, 2.24) is 15.1 Å². The van der Waals surface area contributed by atoms with E-state index in [1.54, 1.807) is 0 Å². The van der Waals surface area contributed by atoms with Crippen molar-refractivity contribution in [2.24, 2.45) is 5.92 Å². The Morgan fingerprint density at radius 3 is 3.00 bits per heavy atom. The highest BCUT2D eigenvalue weighted by atomic mass is 16.5. The molecule has 3 fully saturated rings. The zero-order chi connectivity index (χ0) is 13.2. The monoisotopic (exact) mass is 267 g/mol. The molecular formula is C14H25N3O2. The summed E-state index contributed by atoms with van der Waals surface area (Å²) in [5.74, 6) is 0.854. The van der Waals surface area contributed by atoms with E-state index in [0.717, 1.165) is 26.1 Å². The van der Waals surface area contributed by atoms with Crippen molar-refractivity contribution in [2.75, 3.05) is 46.4 Å². The zero-order valence-corrected chi connectivity index (χ0v) is 11.8. The van der Waals surface area contributed by atoms with E-state index >= 15 is 0 Å². The molecule has 3 atom stereocenters. The molecule has 0 saturated carbocycles. The van der Waals surface area contributed by atoms with Crippen molar-refractivity contribution < 1.29 is 9.53 Å². The summed E-state index contributed by atoms with van der Waals surface area (Å²) in [5, 5.41) is 3.24. The molecule has 3 rings (SSSR count). The van der Waals surface area contributed by atoms with Crippen LogP contribution < -0.4 is 5.32 Å². The Balaban J connectivity index is 1.59. The number of likely N-dealkylation sites (tertiary alicyclic amines) is 2. The molecule has 3 unspecified atom stereocenters. The van der Waals surface area contributed by atoms with Gasteiger partial charge in [0.05, 0.1) is 6.61 Å². The molecule has 5 nitrogen and oxygen atoms in total. The summed E-state index contributed by atoms with van der Waals surface area (Å²) in [6.07, 6.45) is 3.39. The standard InChI is InChI=1S/C14H25N3O2/c1-16-6-2-3-11-10-17(7-4-12(11)16)14(18)13-9-15-5-8-19-13/h11-13,15H,2-10H2,1H3. The predicted molar refractivity (Wildman–Crippen MR) is 72.9 cm³/mol. The van der Waals surface area contributed by atoms with Gasteiger partial charge in [-0.1, -0.05) is 0 Å². The quantitative estimate of drug-likeness (QED) is 0.722. The van der Waals surface area contributed by atoms with Gasteiger partial charge in [-0.3, -0.25) is 4.79 Å². The van der Waals surface area contributed by atoms with Gasteiger partial charge in [-0.05, 0) is 38.8 Å². The van der Waals surface area contributed by atoms with Gasteiger partial charge in [-0.2, -0.15) is 0 Å². The van der Waals surface area contributed by atoms with Crippen LogP contribution in [-0.4, -0.2) is 74.2 Å². The van der Waals surface area contributed by atoms with Crippen LogP contribution in [0.3, 0.4) is 0 Å². The first-order valence-corrected chi connectivity index (χ1v) is 7.57. The number of nitrogens with one attached hydrogen (secondary N) is 1. The average Bonchev–Trinajstić information content (AvgIpc) is 2.47. The van der Waals surface area contributed by atoms with Crippen molar-refractivity contribution in [3.05, 3.63) is 0 Å². The van der Waals surface area contributed by atoms with Crippen LogP contribution >= 0.6 is 0 Å². The van der Waals surface area contributed by atoms with Gasteiger partial charge in [0.1, 0.15) is 6.10 Å². The summed E-state index contributed by atoms with van der Waals surface area (Å²) in [5.41, 5.74) is 0. The number of hydrogen-bond acceptors (Lipinski definition) is 4. The Hall–Kier alpha value is -0.650. The van der Waals surface area contributed by atoms with E-state index in [4.69, 9.17) is 4.74 Å². The van der Waals surface area contributed by atoms with E-state index in [2.05, 4.69) is 17.3 Å². The number of hydrogen-bond donors (Lipinski definition) is 1. The molecule has 1 amide bonds. The second kappa shape index (κ2) is 5.77. The summed E-state index contributed by atoms with van der Waals surface area (Å²) in [4.78, 5) is 17.0. The number of rotatable bonds is 1. The van der Waals surface area contributed by atoms with Gasteiger partial charge in [-0.15, -0.1) is 0 Å². The Morgan fingerprint density at radius 2 is 2.21 bits per heavy atom. The van der Waals surface area contributed by atoms with Crippen molar-refractivity contribution in [3.8, 4) is 0 Å². The summed E-state index contributed by atoms with van der Waals surface area (Å²) < 4.78 is 5.59. The highest BCUT2D eigenvalue weighted by Crippen LogP contribution is 2.29. The van der Waals surface area contributed by atoms with Gasteiger partial charge < -0.3 is 19.9 Å². The minimum atomic E-state index is -0.258. The second-order valence-electron chi connectivity index (χ2n) is 6.09. The lowest BCUT2D eigenvalue weighted by atomic mass is 9.84. The fourth-order valence-electron chi connectivity index (χ4n) is 3.78. The SMILES string of the molecule is CN1CCCC2CN(C(=O)C3CNCCO3)CCC21. The van der Waals surface area contributed by atoms with Crippen molar-refractivity contribution in [1.29, 1.82) is 0 Å². The first kappa shape index (κ1) is 13.3. The van der Waals surface area contributed by atoms with Crippen molar-refractivity contribution in [2.45, 2.75) is 31.4 Å². The smallest absolute Gasteiger partial charge is 0.253 e. The zero-order valence-electron chi connectivity index (χ0n) is 11.8. The first-order chi connectivity index (χ1) is 9.25. The maximum absolute atomic E-state index is 12.5. The van der Waals surface area contributed by atoms with Crippen LogP contribution in [0.2, 0.25) is 0 Å². The lowest BCUT2D eigenvalue weighted by Gasteiger charge is -2.46.